The van der Waals surface area contributed by atoms with Crippen LogP contribution < -0.4 is 4.90 Å². The fourth-order valence-electron chi connectivity index (χ4n) is 7.64. The van der Waals surface area contributed by atoms with Crippen LogP contribution in [0.3, 0.4) is 0 Å². The lowest BCUT2D eigenvalue weighted by Crippen LogP contribution is -2.42. The number of alkyl halides is 5. The molecule has 1 aliphatic carbocycles. The van der Waals surface area contributed by atoms with Crippen molar-refractivity contribution in [3.05, 3.63) is 17.1 Å². The number of aromatic nitrogens is 4. The third-order valence-corrected chi connectivity index (χ3v) is 15.6. The van der Waals surface area contributed by atoms with Gasteiger partial charge in [-0.25, -0.2) is 14.2 Å². The van der Waals surface area contributed by atoms with Gasteiger partial charge in [0.15, 0.2) is 10.0 Å². The lowest BCUT2D eigenvalue weighted by atomic mass is 9.94. The van der Waals surface area contributed by atoms with Gasteiger partial charge in [0.25, 0.3) is 12.3 Å². The zero-order valence-corrected chi connectivity index (χ0v) is 31.8. The zero-order valence-electron chi connectivity index (χ0n) is 29.2. The summed E-state index contributed by atoms with van der Waals surface area (Å²) < 4.78 is 105. The highest BCUT2D eigenvalue weighted by molar-refractivity contribution is 7.86. The monoisotopic (exact) mass is 789 g/mol. The predicted molar refractivity (Wildman–Crippen MR) is 187 cm³/mol. The second-order valence-corrected chi connectivity index (χ2v) is 24.1. The Labute approximate surface area is 303 Å². The van der Waals surface area contributed by atoms with E-state index in [1.165, 1.54) is 12.1 Å². The fourth-order valence-corrected chi connectivity index (χ4v) is 11.3. The van der Waals surface area contributed by atoms with Crippen molar-refractivity contribution in [2.24, 2.45) is 5.92 Å². The molecule has 0 bridgehead atoms. The molecule has 1 aromatic carbocycles. The van der Waals surface area contributed by atoms with Crippen molar-refractivity contribution in [2.45, 2.75) is 93.8 Å². The van der Waals surface area contributed by atoms with E-state index in [4.69, 9.17) is 10.1 Å². The van der Waals surface area contributed by atoms with Crippen LogP contribution in [0.25, 0.3) is 21.6 Å². The first-order chi connectivity index (χ1) is 24.4. The molecule has 1 amide bonds. The molecule has 5 heterocycles. The molecular formula is C32H42F5N8O4S2Si+. The summed E-state index contributed by atoms with van der Waals surface area (Å²) in [4.78, 5) is 16.6. The third-order valence-electron chi connectivity index (χ3n) is 10.7. The highest BCUT2D eigenvalue weighted by atomic mass is 32.2. The number of fused-ring (bicyclic) bond motifs is 1. The molecule has 3 aromatic rings. The summed E-state index contributed by atoms with van der Waals surface area (Å²) >= 11 is 0.465. The molecule has 12 nitrogen and oxygen atoms in total. The lowest BCUT2D eigenvalue weighted by molar-refractivity contribution is -0.673. The van der Waals surface area contributed by atoms with Gasteiger partial charge < -0.3 is 14.5 Å². The number of benzene rings is 1. The number of ether oxygens (including phenoxy) is 1. The Hall–Kier alpha value is -3.07. The molecule has 284 valence electrons. The van der Waals surface area contributed by atoms with Crippen molar-refractivity contribution in [2.75, 3.05) is 44.4 Å². The summed E-state index contributed by atoms with van der Waals surface area (Å²) in [5.74, 6) is -0.233. The van der Waals surface area contributed by atoms with E-state index in [9.17, 15) is 35.2 Å². The highest BCUT2D eigenvalue weighted by Crippen LogP contribution is 2.65. The molecular weight excluding hydrogens is 748 g/mol. The maximum absolute atomic E-state index is 14.9. The van der Waals surface area contributed by atoms with Crippen LogP contribution in [0.4, 0.5) is 27.6 Å². The molecule has 4 fully saturated rings. The van der Waals surface area contributed by atoms with E-state index in [1.54, 1.807) is 4.90 Å². The number of amides is 1. The molecule has 0 radical (unpaired) electrons. The minimum absolute atomic E-state index is 0.00192. The zero-order chi connectivity index (χ0) is 37.4. The van der Waals surface area contributed by atoms with E-state index in [-0.39, 0.29) is 69.7 Å². The Morgan fingerprint density at radius 1 is 1.12 bits per heavy atom. The maximum atomic E-state index is 14.9. The Kier molecular flexibility index (Phi) is 9.35. The lowest BCUT2D eigenvalue weighted by Gasteiger charge is -2.35. The van der Waals surface area contributed by atoms with Gasteiger partial charge in [0.05, 0.1) is 17.8 Å². The number of hydrogen-bond acceptors (Lipinski definition) is 10. The van der Waals surface area contributed by atoms with Gasteiger partial charge in [-0.1, -0.05) is 31.0 Å². The average molecular weight is 790 g/mol. The highest BCUT2D eigenvalue weighted by Gasteiger charge is 2.90. The smallest absolute Gasteiger partial charge is 0.370 e. The van der Waals surface area contributed by atoms with Crippen LogP contribution in [0, 0.1) is 11.3 Å². The number of sulfonamides is 1. The molecule has 7 rings (SSSR count). The topological polar surface area (TPSA) is 134 Å². The van der Waals surface area contributed by atoms with Gasteiger partial charge in [-0.15, -0.1) is 14.1 Å². The fraction of sp³-hybridized carbons (Fsp3) is 0.656. The molecule has 1 saturated carbocycles. The summed E-state index contributed by atoms with van der Waals surface area (Å²) in [7, 11) is -5.99. The Balaban J connectivity index is 1.34. The van der Waals surface area contributed by atoms with Gasteiger partial charge in [0, 0.05) is 58.4 Å². The van der Waals surface area contributed by atoms with Crippen LogP contribution in [0.5, 0.6) is 0 Å². The molecule has 20 heteroatoms. The molecule has 1 unspecified atom stereocenters. The summed E-state index contributed by atoms with van der Waals surface area (Å²) in [6.07, 6.45) is -4.09. The van der Waals surface area contributed by atoms with E-state index in [0.29, 0.717) is 61.4 Å². The average Bonchev–Trinajstić information content (AvgIpc) is 3.58. The minimum Gasteiger partial charge on any atom is -0.370 e. The van der Waals surface area contributed by atoms with E-state index in [1.807, 2.05) is 4.90 Å². The van der Waals surface area contributed by atoms with Gasteiger partial charge in [-0.2, -0.15) is 26.7 Å². The summed E-state index contributed by atoms with van der Waals surface area (Å²) in [6, 6.07) is 3.34. The SMILES string of the molecule is C[Si](C)(C)CCOC[N+]1(S(=O)(=O)c2cc(N3CCC(C(=O)N4CCCC4)CC3)c3c(c2)c(-c2nnc(C(F)F)s2)nn3CC(F)(F)F)C(=N)C12CC2. The number of likely N-dealkylation sites (tertiary alicyclic amines) is 1. The van der Waals surface area contributed by atoms with Crippen LogP contribution in [0.2, 0.25) is 25.7 Å². The van der Waals surface area contributed by atoms with E-state index in [0.717, 1.165) is 18.9 Å². The number of nitrogens with one attached hydrogen (secondary N) is 1. The number of quaternary nitrogens is 1. The summed E-state index contributed by atoms with van der Waals surface area (Å²) in [5.41, 5.74) is -1.01. The Morgan fingerprint density at radius 3 is 2.35 bits per heavy atom. The minimum atomic E-state index is -4.74. The predicted octanol–water partition coefficient (Wildman–Crippen LogP) is 6.23. The van der Waals surface area contributed by atoms with E-state index in [2.05, 4.69) is 34.9 Å². The quantitative estimate of drug-likeness (QED) is 0.0751. The van der Waals surface area contributed by atoms with Crippen molar-refractivity contribution in [3.63, 3.8) is 0 Å². The van der Waals surface area contributed by atoms with Crippen LogP contribution >= 0.6 is 11.3 Å². The third kappa shape index (κ3) is 6.45. The van der Waals surface area contributed by atoms with Crippen molar-refractivity contribution in [1.29, 1.82) is 5.41 Å². The normalized spacial score (nSPS) is 22.4. The number of halogens is 5. The van der Waals surface area contributed by atoms with Crippen molar-refractivity contribution in [1.82, 2.24) is 24.9 Å². The summed E-state index contributed by atoms with van der Waals surface area (Å²) in [6.45, 7) is 6.89. The second-order valence-electron chi connectivity index (χ2n) is 15.4. The van der Waals surface area contributed by atoms with Gasteiger partial charge in [-0.3, -0.25) is 9.48 Å². The first kappa shape index (κ1) is 37.3. The van der Waals surface area contributed by atoms with E-state index >= 15 is 0 Å². The van der Waals surface area contributed by atoms with Crippen LogP contribution in [0.15, 0.2) is 17.0 Å². The van der Waals surface area contributed by atoms with Crippen LogP contribution in [-0.4, -0.2) is 108 Å². The molecule has 1 N–H and O–H groups in total. The number of piperidine rings is 1. The first-order valence-electron chi connectivity index (χ1n) is 17.5. The van der Waals surface area contributed by atoms with Gasteiger partial charge in [-0.05, 0) is 43.9 Å². The van der Waals surface area contributed by atoms with Gasteiger partial charge in [0.2, 0.25) is 18.2 Å². The van der Waals surface area contributed by atoms with Crippen LogP contribution in [0.1, 0.15) is 50.0 Å². The number of rotatable bonds is 12. The Morgan fingerprint density at radius 2 is 1.79 bits per heavy atom. The van der Waals surface area contributed by atoms with Gasteiger partial charge >= 0.3 is 16.2 Å². The largest absolute Gasteiger partial charge is 0.408 e. The first-order valence-corrected chi connectivity index (χ1v) is 23.4. The molecule has 4 aliphatic rings. The number of amidine groups is 1. The molecule has 52 heavy (non-hydrogen) atoms. The van der Waals surface area contributed by atoms with E-state index < -0.39 is 51.7 Å². The number of carbonyl (C=O) groups is 1. The number of hydrogen-bond donors (Lipinski definition) is 1. The second kappa shape index (κ2) is 13.1. The maximum Gasteiger partial charge on any atom is 0.408 e. The number of anilines is 1. The van der Waals surface area contributed by atoms with Crippen molar-refractivity contribution < 1.29 is 43.8 Å². The van der Waals surface area contributed by atoms with Gasteiger partial charge in [0.1, 0.15) is 17.1 Å². The number of carbonyl (C=O) groups excluding carboxylic acids is 1. The summed E-state index contributed by atoms with van der Waals surface area (Å²) in [5, 5.41) is 19.5. The molecule has 1 spiro atoms. The molecule has 1 atom stereocenters. The molecule has 2 aromatic heterocycles. The van der Waals surface area contributed by atoms with Crippen LogP contribution in [-0.2, 0) is 26.1 Å². The standard InChI is InChI=1S/C32H42F5N8O4S2Si/c1-52(2,3)15-14-49-19-45(30(38)31(45)8-9-31)51(47,48)21-16-22-24(27-39-40-28(50-27)26(33)34)41-44(18-32(35,36)37)25(22)23(17-21)42-12-6-20(7-13-42)29(46)43-10-4-5-11-43/h16-17,20,26,38H,4-15,18-19H2,1-3H3/q+1. The van der Waals surface area contributed by atoms with Crippen molar-refractivity contribution in [3.8, 4) is 10.7 Å². The molecule has 3 saturated heterocycles. The molecule has 3 aliphatic heterocycles. The number of nitrogens with zero attached hydrogens (tertiary/aromatic N) is 7. The van der Waals surface area contributed by atoms with Crippen molar-refractivity contribution >= 4 is 57.8 Å². The Bertz CT molecular complexity index is 2000.